The van der Waals surface area contributed by atoms with E-state index in [4.69, 9.17) is 4.42 Å². The van der Waals surface area contributed by atoms with Crippen molar-refractivity contribution in [1.82, 2.24) is 0 Å². The van der Waals surface area contributed by atoms with Gasteiger partial charge in [-0.3, -0.25) is 0 Å². The van der Waals surface area contributed by atoms with Crippen molar-refractivity contribution in [2.24, 2.45) is 0 Å². The summed E-state index contributed by atoms with van der Waals surface area (Å²) in [7, 11) is -6.00. The van der Waals surface area contributed by atoms with E-state index >= 15 is 0 Å². The van der Waals surface area contributed by atoms with E-state index in [1.165, 1.54) is 0 Å². The van der Waals surface area contributed by atoms with Crippen LogP contribution in [0.5, 0.6) is 0 Å². The zero-order chi connectivity index (χ0) is 13.6. The topological polar surface area (TPSA) is 11.3 Å². The summed E-state index contributed by atoms with van der Waals surface area (Å²) in [5, 5.41) is 0. The van der Waals surface area contributed by atoms with Gasteiger partial charge >= 0.3 is 18.8 Å². The van der Waals surface area contributed by atoms with Crippen LogP contribution in [-0.4, -0.2) is 7.25 Å². The maximum Gasteiger partial charge on any atom is 0.673 e. The third-order valence-corrected chi connectivity index (χ3v) is 1.91. The van der Waals surface area contributed by atoms with Gasteiger partial charge in [0.15, 0.2) is 0 Å². The van der Waals surface area contributed by atoms with Gasteiger partial charge in [-0.1, -0.05) is 18.2 Å². The molecule has 2 aromatic rings. The summed E-state index contributed by atoms with van der Waals surface area (Å²) in [6, 6.07) is 16.0. The molecule has 0 saturated carbocycles. The Bertz CT molecular complexity index is 479. The Hall–Kier alpha value is -1.85. The molecule has 0 radical (unpaired) electrons. The molecule has 1 nitrogen and oxygen atoms in total. The average Bonchev–Trinajstić information content (AvgIpc) is 2.28. The number of halogens is 4. The largest absolute Gasteiger partial charge is 0.673 e. The minimum atomic E-state index is -6.00. The summed E-state index contributed by atoms with van der Waals surface area (Å²) in [6.07, 6.45) is 0. The highest BCUT2D eigenvalue weighted by atomic mass is 19.5. The van der Waals surface area contributed by atoms with Gasteiger partial charge in [-0.05, 0) is 18.2 Å². The zero-order valence-corrected chi connectivity index (χ0v) is 9.62. The number of hydrogen-bond donors (Lipinski definition) is 0. The molecule has 2 rings (SSSR count). The molecule has 1 aromatic carbocycles. The molecule has 0 unspecified atom stereocenters. The highest BCUT2D eigenvalue weighted by molar-refractivity contribution is 6.50. The minimum Gasteiger partial charge on any atom is -0.418 e. The van der Waals surface area contributed by atoms with Crippen molar-refractivity contribution in [2.45, 2.75) is 6.92 Å². The van der Waals surface area contributed by atoms with Gasteiger partial charge in [0, 0.05) is 12.1 Å². The van der Waals surface area contributed by atoms with Gasteiger partial charge in [-0.25, -0.2) is 4.42 Å². The Kier molecular flexibility index (Phi) is 4.89. The molecule has 0 aliphatic rings. The van der Waals surface area contributed by atoms with Gasteiger partial charge in [0.1, 0.15) is 0 Å². The van der Waals surface area contributed by atoms with Gasteiger partial charge < -0.3 is 17.3 Å². The second kappa shape index (κ2) is 6.19. The molecular weight excluding hydrogens is 247 g/mol. The smallest absolute Gasteiger partial charge is 0.418 e. The summed E-state index contributed by atoms with van der Waals surface area (Å²) in [4.78, 5) is 0. The van der Waals surface area contributed by atoms with Crippen molar-refractivity contribution >= 4 is 7.25 Å². The molecule has 0 fully saturated rings. The van der Waals surface area contributed by atoms with E-state index in [9.17, 15) is 17.3 Å². The van der Waals surface area contributed by atoms with Crippen molar-refractivity contribution in [3.05, 3.63) is 54.3 Å². The summed E-state index contributed by atoms with van der Waals surface area (Å²) in [5.41, 5.74) is 1.12. The van der Waals surface area contributed by atoms with Crippen LogP contribution in [-0.2, 0) is 0 Å². The Morgan fingerprint density at radius 1 is 0.833 bits per heavy atom. The lowest BCUT2D eigenvalue weighted by molar-refractivity contribution is 0.368. The number of rotatable bonds is 1. The summed E-state index contributed by atoms with van der Waals surface area (Å²) < 4.78 is 44.6. The fourth-order valence-electron chi connectivity index (χ4n) is 1.27. The van der Waals surface area contributed by atoms with Gasteiger partial charge in [-0.2, -0.15) is 0 Å². The summed E-state index contributed by atoms with van der Waals surface area (Å²) in [6.45, 7) is 1.95. The van der Waals surface area contributed by atoms with Crippen molar-refractivity contribution < 1.29 is 21.7 Å². The molecule has 6 heteroatoms. The maximum absolute atomic E-state index is 9.75. The normalized spacial score (nSPS) is 10.5. The first-order chi connectivity index (χ1) is 8.36. The van der Waals surface area contributed by atoms with Gasteiger partial charge in [0.2, 0.25) is 0 Å². The van der Waals surface area contributed by atoms with E-state index in [-0.39, 0.29) is 0 Å². The first-order valence-electron chi connectivity index (χ1n) is 5.19. The van der Waals surface area contributed by atoms with Crippen molar-refractivity contribution in [3.63, 3.8) is 0 Å². The fraction of sp³-hybridized carbons (Fsp3) is 0.0833. The van der Waals surface area contributed by atoms with Crippen LogP contribution in [0.4, 0.5) is 17.3 Å². The number of benzene rings is 1. The number of aryl methyl sites for hydroxylation is 1. The first-order valence-corrected chi connectivity index (χ1v) is 5.19. The van der Waals surface area contributed by atoms with Crippen LogP contribution in [0.2, 0.25) is 0 Å². The first kappa shape index (κ1) is 14.2. The third-order valence-electron chi connectivity index (χ3n) is 1.91. The molecule has 0 aliphatic heterocycles. The molecule has 18 heavy (non-hydrogen) atoms. The van der Waals surface area contributed by atoms with Crippen molar-refractivity contribution in [2.75, 3.05) is 0 Å². The SMILES string of the molecule is Cc1cccc(-c2ccccc2)[o+]1.F[B-](F)(F)F. The van der Waals surface area contributed by atoms with E-state index in [0.717, 1.165) is 17.1 Å². The minimum absolute atomic E-state index is 0.917. The van der Waals surface area contributed by atoms with Crippen LogP contribution in [0.1, 0.15) is 5.76 Å². The van der Waals surface area contributed by atoms with Crippen LogP contribution in [0.15, 0.2) is 52.9 Å². The predicted octanol–water partition coefficient (Wildman–Crippen LogP) is 4.84. The van der Waals surface area contributed by atoms with E-state index in [1.807, 2.05) is 55.5 Å². The van der Waals surface area contributed by atoms with Crippen molar-refractivity contribution in [3.8, 4) is 11.3 Å². The van der Waals surface area contributed by atoms with Gasteiger partial charge in [-0.15, -0.1) is 0 Å². The lowest BCUT2D eigenvalue weighted by Gasteiger charge is -1.94. The third kappa shape index (κ3) is 6.03. The quantitative estimate of drug-likeness (QED) is 0.404. The molecular formula is C12H11BF4O. The van der Waals surface area contributed by atoms with Crippen LogP contribution in [0.25, 0.3) is 11.3 Å². The molecule has 0 saturated heterocycles. The predicted molar refractivity (Wildman–Crippen MR) is 63.5 cm³/mol. The summed E-state index contributed by atoms with van der Waals surface area (Å²) >= 11 is 0. The Morgan fingerprint density at radius 2 is 1.39 bits per heavy atom. The zero-order valence-electron chi connectivity index (χ0n) is 9.62. The molecule has 0 amide bonds. The lowest BCUT2D eigenvalue weighted by Crippen LogP contribution is -2.02. The fourth-order valence-corrected chi connectivity index (χ4v) is 1.27. The van der Waals surface area contributed by atoms with Crippen LogP contribution in [0.3, 0.4) is 0 Å². The molecule has 96 valence electrons. The molecule has 0 N–H and O–H groups in total. The van der Waals surface area contributed by atoms with Crippen LogP contribution < -0.4 is 0 Å². The molecule has 1 heterocycles. The van der Waals surface area contributed by atoms with Crippen LogP contribution >= 0.6 is 0 Å². The molecule has 0 spiro atoms. The highest BCUT2D eigenvalue weighted by Gasteiger charge is 2.20. The van der Waals surface area contributed by atoms with Gasteiger partial charge in [0.25, 0.3) is 0 Å². The monoisotopic (exact) mass is 258 g/mol. The Morgan fingerprint density at radius 3 is 1.89 bits per heavy atom. The Labute approximate surface area is 102 Å². The van der Waals surface area contributed by atoms with E-state index in [0.29, 0.717) is 0 Å². The second-order valence-corrected chi connectivity index (χ2v) is 3.46. The summed E-state index contributed by atoms with van der Waals surface area (Å²) in [5.74, 6) is 1.85. The molecule has 1 aromatic heterocycles. The van der Waals surface area contributed by atoms with E-state index in [1.54, 1.807) is 0 Å². The van der Waals surface area contributed by atoms with Crippen LogP contribution in [0, 0.1) is 6.92 Å². The molecule has 0 atom stereocenters. The maximum atomic E-state index is 9.75. The van der Waals surface area contributed by atoms with Crippen molar-refractivity contribution in [1.29, 1.82) is 0 Å². The van der Waals surface area contributed by atoms with E-state index in [2.05, 4.69) is 0 Å². The standard InChI is InChI=1S/C12H11O.BF4/c1-10-6-5-9-12(13-10)11-7-3-2-4-8-11;2-1(3,4)5/h2-9H,1H3;/q+1;-1. The highest BCUT2D eigenvalue weighted by Crippen LogP contribution is 2.19. The Balaban J connectivity index is 0.000000280. The molecule has 0 bridgehead atoms. The van der Waals surface area contributed by atoms with Gasteiger partial charge in [0.05, 0.1) is 12.5 Å². The van der Waals surface area contributed by atoms with E-state index < -0.39 is 7.25 Å². The number of hydrogen-bond acceptors (Lipinski definition) is 0. The average molecular weight is 258 g/mol. The molecule has 0 aliphatic carbocycles. The second-order valence-electron chi connectivity index (χ2n) is 3.46. The lowest BCUT2D eigenvalue weighted by atomic mass is 10.1.